The summed E-state index contributed by atoms with van der Waals surface area (Å²) in [5.74, 6) is 0.261. The number of nitrogens with zero attached hydrogens (tertiary/aromatic N) is 3. The highest BCUT2D eigenvalue weighted by molar-refractivity contribution is 6.33. The molecule has 2 heterocycles. The van der Waals surface area contributed by atoms with Gasteiger partial charge in [-0.1, -0.05) is 30.7 Å². The van der Waals surface area contributed by atoms with Crippen molar-refractivity contribution in [3.8, 4) is 0 Å². The minimum Gasteiger partial charge on any atom is -0.356 e. The molecular formula is C22H22ClFN4O2. The predicted octanol–water partition coefficient (Wildman–Crippen LogP) is 4.06. The predicted molar refractivity (Wildman–Crippen MR) is 117 cm³/mol. The number of hydrogen-bond acceptors (Lipinski definition) is 4. The molecule has 1 aliphatic rings. The lowest BCUT2D eigenvalue weighted by atomic mass is 10.00. The van der Waals surface area contributed by atoms with E-state index in [9.17, 15) is 14.0 Å². The zero-order chi connectivity index (χ0) is 21.3. The van der Waals surface area contributed by atoms with Crippen LogP contribution in [0.25, 0.3) is 10.9 Å². The van der Waals surface area contributed by atoms with Gasteiger partial charge in [0.05, 0.1) is 16.2 Å². The zero-order valence-electron chi connectivity index (χ0n) is 16.6. The number of amides is 1. The average Bonchev–Trinajstić information content (AvgIpc) is 2.72. The second-order valence-electron chi connectivity index (χ2n) is 7.69. The van der Waals surface area contributed by atoms with Crippen LogP contribution in [0.4, 0.5) is 15.9 Å². The zero-order valence-corrected chi connectivity index (χ0v) is 17.3. The van der Waals surface area contributed by atoms with Gasteiger partial charge in [-0.15, -0.1) is 0 Å². The number of hydrogen-bond donors (Lipinski definition) is 1. The average molecular weight is 429 g/mol. The monoisotopic (exact) mass is 428 g/mol. The normalized spacial score (nSPS) is 16.6. The number of rotatable bonds is 4. The lowest BCUT2D eigenvalue weighted by Gasteiger charge is -2.32. The molecule has 0 aliphatic carbocycles. The van der Waals surface area contributed by atoms with Crippen LogP contribution < -0.4 is 15.9 Å². The Labute approximate surface area is 178 Å². The molecule has 1 aliphatic heterocycles. The second kappa shape index (κ2) is 8.44. The first-order valence-electron chi connectivity index (χ1n) is 9.92. The Bertz CT molecular complexity index is 1160. The van der Waals surface area contributed by atoms with Crippen LogP contribution >= 0.6 is 11.6 Å². The summed E-state index contributed by atoms with van der Waals surface area (Å²) in [4.78, 5) is 31.9. The molecule has 1 fully saturated rings. The van der Waals surface area contributed by atoms with Gasteiger partial charge in [-0.3, -0.25) is 9.36 Å². The van der Waals surface area contributed by atoms with E-state index in [4.69, 9.17) is 11.6 Å². The third-order valence-corrected chi connectivity index (χ3v) is 5.64. The van der Waals surface area contributed by atoms with Crippen LogP contribution in [0, 0.1) is 11.7 Å². The second-order valence-corrected chi connectivity index (χ2v) is 8.09. The molecule has 0 spiro atoms. The van der Waals surface area contributed by atoms with E-state index in [1.807, 2.05) is 24.3 Å². The van der Waals surface area contributed by atoms with Crippen LogP contribution in [0.5, 0.6) is 0 Å². The number of aromatic nitrogens is 2. The molecule has 2 aromatic carbocycles. The van der Waals surface area contributed by atoms with Crippen molar-refractivity contribution in [1.29, 1.82) is 0 Å². The van der Waals surface area contributed by atoms with Crippen LogP contribution in [0.1, 0.15) is 19.8 Å². The Morgan fingerprint density at radius 3 is 2.87 bits per heavy atom. The van der Waals surface area contributed by atoms with Crippen LogP contribution in [-0.4, -0.2) is 28.5 Å². The Hall–Kier alpha value is -2.93. The maximum absolute atomic E-state index is 13.2. The third kappa shape index (κ3) is 4.16. The highest BCUT2D eigenvalue weighted by Gasteiger charge is 2.22. The van der Waals surface area contributed by atoms with Crippen molar-refractivity contribution in [3.05, 3.63) is 63.8 Å². The number of fused-ring (bicyclic) bond motifs is 1. The van der Waals surface area contributed by atoms with Crippen LogP contribution in [0.3, 0.4) is 0 Å². The molecule has 30 heavy (non-hydrogen) atoms. The molecule has 1 N–H and O–H groups in total. The molecule has 0 saturated carbocycles. The molecule has 3 aromatic rings. The first-order chi connectivity index (χ1) is 14.4. The van der Waals surface area contributed by atoms with Gasteiger partial charge < -0.3 is 10.2 Å². The number of nitrogens with one attached hydrogen (secondary N) is 1. The smallest absolute Gasteiger partial charge is 0.350 e. The summed E-state index contributed by atoms with van der Waals surface area (Å²) in [6.45, 7) is 3.68. The van der Waals surface area contributed by atoms with E-state index in [0.717, 1.165) is 37.4 Å². The minimum atomic E-state index is -0.493. The number of benzene rings is 2. The molecule has 1 saturated heterocycles. The van der Waals surface area contributed by atoms with Crippen molar-refractivity contribution in [2.75, 3.05) is 23.3 Å². The number of carbonyl (C=O) groups excluding carboxylic acids is 1. The van der Waals surface area contributed by atoms with Gasteiger partial charge in [-0.05, 0) is 49.1 Å². The Balaban J connectivity index is 1.66. The lowest BCUT2D eigenvalue weighted by molar-refractivity contribution is -0.116. The molecule has 156 valence electrons. The van der Waals surface area contributed by atoms with Gasteiger partial charge in [0.2, 0.25) is 5.91 Å². The van der Waals surface area contributed by atoms with E-state index in [1.54, 1.807) is 0 Å². The van der Waals surface area contributed by atoms with Gasteiger partial charge in [0.25, 0.3) is 0 Å². The summed E-state index contributed by atoms with van der Waals surface area (Å²) in [7, 11) is 0. The number of anilines is 2. The first-order valence-corrected chi connectivity index (χ1v) is 10.3. The summed E-state index contributed by atoms with van der Waals surface area (Å²) in [5.41, 5.74) is 0.445. The summed E-state index contributed by atoms with van der Waals surface area (Å²) >= 11 is 5.98. The minimum absolute atomic E-state index is 0.0910. The summed E-state index contributed by atoms with van der Waals surface area (Å²) in [6, 6.07) is 11.2. The van der Waals surface area contributed by atoms with Crippen molar-refractivity contribution in [3.63, 3.8) is 0 Å². The lowest BCUT2D eigenvalue weighted by Crippen LogP contribution is -2.38. The SMILES string of the molecule is CC1CCCN(c2nc(=O)n(CC(=O)Nc3ccc(F)cc3Cl)c3ccccc23)C1. The Kier molecular flexibility index (Phi) is 5.72. The van der Waals surface area contributed by atoms with E-state index >= 15 is 0 Å². The number of piperidine rings is 1. The highest BCUT2D eigenvalue weighted by atomic mass is 35.5. The van der Waals surface area contributed by atoms with Gasteiger partial charge in [-0.25, -0.2) is 9.18 Å². The van der Waals surface area contributed by atoms with Gasteiger partial charge in [0.15, 0.2) is 0 Å². The van der Waals surface area contributed by atoms with E-state index in [0.29, 0.717) is 17.3 Å². The van der Waals surface area contributed by atoms with Crippen LogP contribution in [0.2, 0.25) is 5.02 Å². The van der Waals surface area contributed by atoms with Crippen molar-refractivity contribution in [2.24, 2.45) is 5.92 Å². The van der Waals surface area contributed by atoms with E-state index < -0.39 is 17.4 Å². The fourth-order valence-corrected chi connectivity index (χ4v) is 4.13. The van der Waals surface area contributed by atoms with Crippen LogP contribution in [0.15, 0.2) is 47.3 Å². The van der Waals surface area contributed by atoms with Crippen LogP contribution in [-0.2, 0) is 11.3 Å². The summed E-state index contributed by atoms with van der Waals surface area (Å²) in [6.07, 6.45) is 2.22. The molecule has 1 unspecified atom stereocenters. The standard InChI is InChI=1S/C22H22ClFN4O2/c1-14-5-4-10-27(12-14)21-16-6-2-3-7-19(16)28(22(30)26-21)13-20(29)25-18-9-8-15(24)11-17(18)23/h2-3,6-9,11,14H,4-5,10,12-13H2,1H3,(H,25,29). The molecule has 8 heteroatoms. The number of carbonyl (C=O) groups is 1. The van der Waals surface area contributed by atoms with E-state index in [1.165, 1.54) is 16.7 Å². The van der Waals surface area contributed by atoms with Gasteiger partial charge in [0.1, 0.15) is 18.2 Å². The van der Waals surface area contributed by atoms with Gasteiger partial charge in [-0.2, -0.15) is 4.98 Å². The topological polar surface area (TPSA) is 67.2 Å². The quantitative estimate of drug-likeness (QED) is 0.680. The van der Waals surface area contributed by atoms with Crippen molar-refractivity contribution >= 4 is 39.9 Å². The van der Waals surface area contributed by atoms with Gasteiger partial charge >= 0.3 is 5.69 Å². The van der Waals surface area contributed by atoms with Crippen molar-refractivity contribution < 1.29 is 9.18 Å². The highest BCUT2D eigenvalue weighted by Crippen LogP contribution is 2.27. The third-order valence-electron chi connectivity index (χ3n) is 5.33. The fraction of sp³-hybridized carbons (Fsp3) is 0.318. The molecule has 1 amide bonds. The van der Waals surface area contributed by atoms with Gasteiger partial charge in [0, 0.05) is 18.5 Å². The number of para-hydroxylation sites is 1. The largest absolute Gasteiger partial charge is 0.356 e. The molecule has 0 bridgehead atoms. The molecular weight excluding hydrogens is 407 g/mol. The molecule has 6 nitrogen and oxygen atoms in total. The first kappa shape index (κ1) is 20.3. The number of halogens is 2. The summed E-state index contributed by atoms with van der Waals surface area (Å²) < 4.78 is 14.6. The Morgan fingerprint density at radius 1 is 1.30 bits per heavy atom. The molecule has 1 atom stereocenters. The Morgan fingerprint density at radius 2 is 2.10 bits per heavy atom. The molecule has 1 aromatic heterocycles. The molecule has 4 rings (SSSR count). The maximum Gasteiger partial charge on any atom is 0.350 e. The molecule has 0 radical (unpaired) electrons. The maximum atomic E-state index is 13.2. The van der Waals surface area contributed by atoms with Crippen molar-refractivity contribution in [2.45, 2.75) is 26.3 Å². The van der Waals surface area contributed by atoms with Crippen molar-refractivity contribution in [1.82, 2.24) is 9.55 Å². The van der Waals surface area contributed by atoms with E-state index in [2.05, 4.69) is 22.1 Å². The fourth-order valence-electron chi connectivity index (χ4n) is 3.91. The summed E-state index contributed by atoms with van der Waals surface area (Å²) in [5, 5.41) is 3.55. The van der Waals surface area contributed by atoms with E-state index in [-0.39, 0.29) is 17.3 Å².